The zero-order chi connectivity index (χ0) is 14.7. The lowest BCUT2D eigenvalue weighted by Gasteiger charge is -2.11. The number of rotatable bonds is 3. The Morgan fingerprint density at radius 1 is 1.15 bits per heavy atom. The van der Waals surface area contributed by atoms with Gasteiger partial charge in [0.25, 0.3) is 5.91 Å². The fourth-order valence-corrected chi connectivity index (χ4v) is 1.93. The Labute approximate surface area is 118 Å². The lowest BCUT2D eigenvalue weighted by Crippen LogP contribution is -2.13. The Morgan fingerprint density at radius 2 is 1.90 bits per heavy atom. The summed E-state index contributed by atoms with van der Waals surface area (Å²) in [6.07, 6.45) is 0. The van der Waals surface area contributed by atoms with Crippen LogP contribution in [-0.4, -0.2) is 18.1 Å². The second kappa shape index (κ2) is 5.65. The number of carbonyl (C=O) groups excluding carboxylic acids is 1. The van der Waals surface area contributed by atoms with Crippen LogP contribution in [0.5, 0.6) is 11.5 Å². The van der Waals surface area contributed by atoms with Crippen molar-refractivity contribution in [1.29, 1.82) is 0 Å². The number of aryl methyl sites for hydroxylation is 2. The molecule has 0 unspecified atom stereocenters. The average Bonchev–Trinajstić information content (AvgIpc) is 2.40. The van der Waals surface area contributed by atoms with E-state index in [1.807, 2.05) is 19.9 Å². The van der Waals surface area contributed by atoms with Crippen molar-refractivity contribution in [3.8, 4) is 11.5 Å². The smallest absolute Gasteiger partial charge is 0.259 e. The zero-order valence-electron chi connectivity index (χ0n) is 11.7. The van der Waals surface area contributed by atoms with Gasteiger partial charge in [0.2, 0.25) is 0 Å². The van der Waals surface area contributed by atoms with Crippen molar-refractivity contribution in [2.45, 2.75) is 13.8 Å². The van der Waals surface area contributed by atoms with Gasteiger partial charge < -0.3 is 15.2 Å². The van der Waals surface area contributed by atoms with E-state index in [4.69, 9.17) is 4.74 Å². The average molecular weight is 271 g/mol. The molecule has 104 valence electrons. The fourth-order valence-electron chi connectivity index (χ4n) is 1.93. The molecule has 0 saturated carbocycles. The van der Waals surface area contributed by atoms with Crippen LogP contribution >= 0.6 is 0 Å². The summed E-state index contributed by atoms with van der Waals surface area (Å²) in [4.78, 5) is 12.2. The van der Waals surface area contributed by atoms with Crippen molar-refractivity contribution in [1.82, 2.24) is 0 Å². The molecule has 0 saturated heterocycles. The van der Waals surface area contributed by atoms with Gasteiger partial charge in [-0.2, -0.15) is 0 Å². The first kappa shape index (κ1) is 13.9. The van der Waals surface area contributed by atoms with Crippen molar-refractivity contribution in [2.75, 3.05) is 12.4 Å². The molecular formula is C16H17NO3. The fraction of sp³-hybridized carbons (Fsp3) is 0.188. The van der Waals surface area contributed by atoms with E-state index in [0.29, 0.717) is 5.69 Å². The molecule has 2 rings (SSSR count). The monoisotopic (exact) mass is 271 g/mol. The molecule has 4 nitrogen and oxygen atoms in total. The quantitative estimate of drug-likeness (QED) is 0.900. The molecule has 0 spiro atoms. The molecule has 0 aliphatic heterocycles. The number of phenols is 1. The number of amides is 1. The summed E-state index contributed by atoms with van der Waals surface area (Å²) in [5.74, 6) is 0.378. The van der Waals surface area contributed by atoms with Gasteiger partial charge >= 0.3 is 0 Å². The lowest BCUT2D eigenvalue weighted by atomic mass is 10.1. The molecule has 0 aliphatic rings. The molecule has 4 heteroatoms. The number of aromatic hydroxyl groups is 1. The first-order valence-corrected chi connectivity index (χ1v) is 6.27. The van der Waals surface area contributed by atoms with E-state index in [1.54, 1.807) is 37.4 Å². The van der Waals surface area contributed by atoms with Gasteiger partial charge in [-0.1, -0.05) is 6.07 Å². The van der Waals surface area contributed by atoms with Crippen molar-refractivity contribution >= 4 is 11.6 Å². The van der Waals surface area contributed by atoms with E-state index in [9.17, 15) is 9.90 Å². The Morgan fingerprint density at radius 3 is 2.50 bits per heavy atom. The SMILES string of the molecule is COc1ccc(NC(=O)c2ccc(C)cc2O)c(C)c1. The number of benzene rings is 2. The van der Waals surface area contributed by atoms with Crippen molar-refractivity contribution in [3.05, 3.63) is 53.1 Å². The number of anilines is 1. The highest BCUT2D eigenvalue weighted by molar-refractivity contribution is 6.06. The molecule has 1 amide bonds. The third kappa shape index (κ3) is 2.91. The number of hydrogen-bond donors (Lipinski definition) is 2. The van der Waals surface area contributed by atoms with Gasteiger partial charge in [0.15, 0.2) is 0 Å². The standard InChI is InChI=1S/C16H17NO3/c1-10-4-6-13(15(18)8-10)16(19)17-14-7-5-12(20-3)9-11(14)2/h4-9,18H,1-3H3,(H,17,19). The molecule has 0 fully saturated rings. The molecule has 0 radical (unpaired) electrons. The maximum Gasteiger partial charge on any atom is 0.259 e. The molecule has 2 aromatic carbocycles. The molecule has 0 heterocycles. The minimum atomic E-state index is -0.337. The van der Waals surface area contributed by atoms with Gasteiger partial charge in [-0.25, -0.2) is 0 Å². The second-order valence-corrected chi connectivity index (χ2v) is 4.66. The highest BCUT2D eigenvalue weighted by Crippen LogP contribution is 2.24. The van der Waals surface area contributed by atoms with Crippen LogP contribution in [0.2, 0.25) is 0 Å². The van der Waals surface area contributed by atoms with Crippen molar-refractivity contribution in [3.63, 3.8) is 0 Å². The van der Waals surface area contributed by atoms with Gasteiger partial charge in [-0.15, -0.1) is 0 Å². The van der Waals surface area contributed by atoms with Crippen LogP contribution < -0.4 is 10.1 Å². The topological polar surface area (TPSA) is 58.6 Å². The van der Waals surface area contributed by atoms with Crippen molar-refractivity contribution in [2.24, 2.45) is 0 Å². The minimum absolute atomic E-state index is 0.0198. The van der Waals surface area contributed by atoms with E-state index >= 15 is 0 Å². The third-order valence-corrected chi connectivity index (χ3v) is 3.08. The summed E-state index contributed by atoms with van der Waals surface area (Å²) in [5, 5.41) is 12.6. The zero-order valence-corrected chi connectivity index (χ0v) is 11.7. The first-order valence-electron chi connectivity index (χ1n) is 6.27. The van der Waals surface area contributed by atoms with E-state index < -0.39 is 0 Å². The maximum absolute atomic E-state index is 12.2. The van der Waals surface area contributed by atoms with Gasteiger partial charge in [0, 0.05) is 5.69 Å². The second-order valence-electron chi connectivity index (χ2n) is 4.66. The van der Waals surface area contributed by atoms with Crippen LogP contribution in [-0.2, 0) is 0 Å². The summed E-state index contributed by atoms with van der Waals surface area (Å²) in [6, 6.07) is 10.4. The van der Waals surface area contributed by atoms with E-state index in [2.05, 4.69) is 5.32 Å². The summed E-state index contributed by atoms with van der Waals surface area (Å²) in [6.45, 7) is 3.74. The first-order chi connectivity index (χ1) is 9.51. The number of phenolic OH excluding ortho intramolecular Hbond substituents is 1. The normalized spacial score (nSPS) is 10.2. The highest BCUT2D eigenvalue weighted by atomic mass is 16.5. The van der Waals surface area contributed by atoms with Gasteiger partial charge in [0.05, 0.1) is 12.7 Å². The summed E-state index contributed by atoms with van der Waals surface area (Å²) >= 11 is 0. The molecule has 0 aromatic heterocycles. The summed E-state index contributed by atoms with van der Waals surface area (Å²) in [5.41, 5.74) is 2.74. The van der Waals surface area contributed by atoms with Crippen LogP contribution in [0.4, 0.5) is 5.69 Å². The number of carbonyl (C=O) groups is 1. The maximum atomic E-state index is 12.2. The largest absolute Gasteiger partial charge is 0.507 e. The Hall–Kier alpha value is -2.49. The summed E-state index contributed by atoms with van der Waals surface area (Å²) in [7, 11) is 1.59. The summed E-state index contributed by atoms with van der Waals surface area (Å²) < 4.78 is 5.12. The third-order valence-electron chi connectivity index (χ3n) is 3.08. The molecule has 20 heavy (non-hydrogen) atoms. The number of ether oxygens (including phenoxy) is 1. The number of hydrogen-bond acceptors (Lipinski definition) is 3. The molecule has 0 bridgehead atoms. The van der Waals surface area contributed by atoms with E-state index in [1.165, 1.54) is 0 Å². The minimum Gasteiger partial charge on any atom is -0.507 e. The molecular weight excluding hydrogens is 254 g/mol. The van der Waals surface area contributed by atoms with Crippen molar-refractivity contribution < 1.29 is 14.6 Å². The lowest BCUT2D eigenvalue weighted by molar-refractivity contribution is 0.102. The number of nitrogens with one attached hydrogen (secondary N) is 1. The van der Waals surface area contributed by atoms with Crippen LogP contribution in [0, 0.1) is 13.8 Å². The Bertz CT molecular complexity index is 650. The Balaban J connectivity index is 2.23. The van der Waals surface area contributed by atoms with E-state index in [0.717, 1.165) is 16.9 Å². The van der Waals surface area contributed by atoms with Crippen LogP contribution in [0.3, 0.4) is 0 Å². The molecule has 0 atom stereocenters. The number of methoxy groups -OCH3 is 1. The molecule has 2 aromatic rings. The van der Waals surface area contributed by atoms with Gasteiger partial charge in [-0.3, -0.25) is 4.79 Å². The predicted molar refractivity (Wildman–Crippen MR) is 78.5 cm³/mol. The van der Waals surface area contributed by atoms with Crippen LogP contribution in [0.15, 0.2) is 36.4 Å². The molecule has 2 N–H and O–H groups in total. The highest BCUT2D eigenvalue weighted by Gasteiger charge is 2.12. The van der Waals surface area contributed by atoms with E-state index in [-0.39, 0.29) is 17.2 Å². The molecule has 0 aliphatic carbocycles. The predicted octanol–water partition coefficient (Wildman–Crippen LogP) is 3.27. The van der Waals surface area contributed by atoms with Gasteiger partial charge in [-0.05, 0) is 55.3 Å². The van der Waals surface area contributed by atoms with Crippen LogP contribution in [0.25, 0.3) is 0 Å². The van der Waals surface area contributed by atoms with Gasteiger partial charge in [0.1, 0.15) is 11.5 Å². The van der Waals surface area contributed by atoms with Crippen LogP contribution in [0.1, 0.15) is 21.5 Å². The Kier molecular flexibility index (Phi) is 3.94.